The number of furan rings is 1. The molecule has 0 saturated carbocycles. The molecule has 0 unspecified atom stereocenters. The van der Waals surface area contributed by atoms with Crippen molar-refractivity contribution >= 4 is 36.4 Å². The zero-order valence-electron chi connectivity index (χ0n) is 4.53. The van der Waals surface area contributed by atoms with Crippen LogP contribution in [0.5, 0.6) is 0 Å². The highest BCUT2D eigenvalue weighted by molar-refractivity contribution is 5.85. The normalized spacial score (nSPS) is 7.11. The van der Waals surface area contributed by atoms with E-state index in [0.29, 0.717) is 11.6 Å². The fraction of sp³-hybridized carbons (Fsp3) is 0. The smallest absolute Gasteiger partial charge is 0.213 e. The Balaban J connectivity index is 0. The monoisotopic (exact) mass is 170 g/mol. The summed E-state index contributed by atoms with van der Waals surface area (Å²) in [5, 5.41) is 0. The Morgan fingerprint density at radius 3 is 1.89 bits per heavy atom. The molecule has 4 N–H and O–H groups in total. The van der Waals surface area contributed by atoms with E-state index in [0.717, 1.165) is 0 Å². The second-order valence-electron chi connectivity index (χ2n) is 1.24. The van der Waals surface area contributed by atoms with E-state index in [2.05, 4.69) is 4.42 Å². The summed E-state index contributed by atoms with van der Waals surface area (Å²) in [5.74, 6) is 0.292. The van der Waals surface area contributed by atoms with Crippen LogP contribution in [0.3, 0.4) is 0 Å². The van der Waals surface area contributed by atoms with Crippen LogP contribution in [0.2, 0.25) is 0 Å². The Hall–Kier alpha value is -0.540. The Kier molecular flexibility index (Phi) is 5.45. The van der Waals surface area contributed by atoms with E-state index in [1.165, 1.54) is 6.26 Å². The van der Waals surface area contributed by atoms with E-state index < -0.39 is 0 Å². The fourth-order valence-corrected chi connectivity index (χ4v) is 0.331. The van der Waals surface area contributed by atoms with Crippen molar-refractivity contribution < 1.29 is 4.42 Å². The van der Waals surface area contributed by atoms with Gasteiger partial charge < -0.3 is 15.9 Å². The van der Waals surface area contributed by atoms with Crippen LogP contribution in [-0.2, 0) is 0 Å². The van der Waals surface area contributed by atoms with Crippen molar-refractivity contribution in [3.05, 3.63) is 12.3 Å². The second kappa shape index (κ2) is 4.35. The molecule has 0 aromatic carbocycles. The van der Waals surface area contributed by atoms with Crippen LogP contribution in [0.1, 0.15) is 0 Å². The lowest BCUT2D eigenvalue weighted by atomic mass is 10.5. The zero-order chi connectivity index (χ0) is 5.28. The molecule has 0 atom stereocenters. The lowest BCUT2D eigenvalue weighted by molar-refractivity contribution is 0.588. The number of rotatable bonds is 0. The van der Waals surface area contributed by atoms with E-state index in [1.54, 1.807) is 6.07 Å². The number of anilines is 2. The first-order valence-corrected chi connectivity index (χ1v) is 1.89. The molecule has 5 heteroatoms. The predicted octanol–water partition coefficient (Wildman–Crippen LogP) is 1.29. The SMILES string of the molecule is Cl.Cl.Nc1ccoc1N. The molecule has 1 rings (SSSR count). The van der Waals surface area contributed by atoms with Gasteiger partial charge in [0.05, 0.1) is 12.0 Å². The number of hydrogen-bond acceptors (Lipinski definition) is 3. The topological polar surface area (TPSA) is 65.2 Å². The van der Waals surface area contributed by atoms with Crippen molar-refractivity contribution in [2.45, 2.75) is 0 Å². The summed E-state index contributed by atoms with van der Waals surface area (Å²) in [6.07, 6.45) is 1.45. The lowest BCUT2D eigenvalue weighted by Crippen LogP contribution is -1.87. The molecule has 0 aliphatic carbocycles. The number of hydrogen-bond donors (Lipinski definition) is 2. The Bertz CT molecular complexity index is 149. The molecule has 54 valence electrons. The number of nitrogen functional groups attached to an aromatic ring is 2. The maximum atomic E-state index is 5.22. The molecule has 0 fully saturated rings. The number of halogens is 2. The van der Waals surface area contributed by atoms with Crippen molar-refractivity contribution in [2.24, 2.45) is 0 Å². The summed E-state index contributed by atoms with van der Waals surface area (Å²) in [6, 6.07) is 1.61. The van der Waals surface area contributed by atoms with E-state index in [-0.39, 0.29) is 24.8 Å². The molecule has 0 spiro atoms. The average Bonchev–Trinajstić information content (AvgIpc) is 1.91. The molecule has 3 nitrogen and oxygen atoms in total. The Morgan fingerprint density at radius 2 is 1.78 bits per heavy atom. The van der Waals surface area contributed by atoms with Crippen LogP contribution >= 0.6 is 24.8 Å². The van der Waals surface area contributed by atoms with Gasteiger partial charge in [0.2, 0.25) is 5.88 Å². The van der Waals surface area contributed by atoms with Gasteiger partial charge in [0.15, 0.2) is 0 Å². The van der Waals surface area contributed by atoms with Crippen molar-refractivity contribution in [3.63, 3.8) is 0 Å². The Morgan fingerprint density at radius 1 is 1.22 bits per heavy atom. The van der Waals surface area contributed by atoms with Gasteiger partial charge in [0.25, 0.3) is 0 Å². The molecule has 0 saturated heterocycles. The average molecular weight is 171 g/mol. The largest absolute Gasteiger partial charge is 0.447 e. The van der Waals surface area contributed by atoms with Crippen LogP contribution in [0, 0.1) is 0 Å². The summed E-state index contributed by atoms with van der Waals surface area (Å²) in [7, 11) is 0. The molecule has 0 radical (unpaired) electrons. The molecule has 1 aromatic rings. The molecule has 0 amide bonds. The summed E-state index contributed by atoms with van der Waals surface area (Å²) in [4.78, 5) is 0. The molecule has 0 aliphatic heterocycles. The Labute approximate surface area is 65.2 Å². The molecular formula is C4H8Cl2N2O. The molecular weight excluding hydrogens is 163 g/mol. The summed E-state index contributed by atoms with van der Waals surface area (Å²) < 4.78 is 4.62. The van der Waals surface area contributed by atoms with Gasteiger partial charge in [0.1, 0.15) is 0 Å². The van der Waals surface area contributed by atoms with Gasteiger partial charge in [0, 0.05) is 6.07 Å². The summed E-state index contributed by atoms with van der Waals surface area (Å²) >= 11 is 0. The van der Waals surface area contributed by atoms with Crippen LogP contribution in [0.15, 0.2) is 16.7 Å². The van der Waals surface area contributed by atoms with E-state index in [4.69, 9.17) is 11.5 Å². The van der Waals surface area contributed by atoms with E-state index in [9.17, 15) is 0 Å². The minimum absolute atomic E-state index is 0. The first kappa shape index (κ1) is 11.3. The van der Waals surface area contributed by atoms with Gasteiger partial charge in [-0.1, -0.05) is 0 Å². The minimum Gasteiger partial charge on any atom is -0.447 e. The number of nitrogens with two attached hydrogens (primary N) is 2. The maximum Gasteiger partial charge on any atom is 0.213 e. The van der Waals surface area contributed by atoms with Crippen LogP contribution in [0.4, 0.5) is 11.6 Å². The minimum atomic E-state index is 0. The van der Waals surface area contributed by atoms with Gasteiger partial charge in [-0.15, -0.1) is 24.8 Å². The standard InChI is InChI=1S/C4H6N2O.2ClH/c5-3-1-2-7-4(3)6;;/h1-2H,5-6H2;2*1H. The third-order valence-corrected chi connectivity index (χ3v) is 0.727. The van der Waals surface area contributed by atoms with Gasteiger partial charge >= 0.3 is 0 Å². The second-order valence-corrected chi connectivity index (χ2v) is 1.24. The highest BCUT2D eigenvalue weighted by atomic mass is 35.5. The molecule has 9 heavy (non-hydrogen) atoms. The van der Waals surface area contributed by atoms with Crippen molar-refractivity contribution in [2.75, 3.05) is 11.5 Å². The summed E-state index contributed by atoms with van der Waals surface area (Å²) in [6.45, 7) is 0. The zero-order valence-corrected chi connectivity index (χ0v) is 6.17. The molecule has 1 heterocycles. The van der Waals surface area contributed by atoms with Crippen LogP contribution in [0.25, 0.3) is 0 Å². The highest BCUT2D eigenvalue weighted by Gasteiger charge is 1.90. The molecule has 1 aromatic heterocycles. The van der Waals surface area contributed by atoms with Crippen LogP contribution in [-0.4, -0.2) is 0 Å². The highest BCUT2D eigenvalue weighted by Crippen LogP contribution is 2.12. The predicted molar refractivity (Wildman–Crippen MR) is 42.0 cm³/mol. The quantitative estimate of drug-likeness (QED) is 0.617. The van der Waals surface area contributed by atoms with E-state index in [1.807, 2.05) is 0 Å². The maximum absolute atomic E-state index is 5.22. The van der Waals surface area contributed by atoms with Crippen molar-refractivity contribution in [1.29, 1.82) is 0 Å². The first-order chi connectivity index (χ1) is 3.30. The third kappa shape index (κ3) is 2.49. The van der Waals surface area contributed by atoms with E-state index >= 15 is 0 Å². The van der Waals surface area contributed by atoms with Gasteiger partial charge in [-0.05, 0) is 0 Å². The molecule has 0 bridgehead atoms. The van der Waals surface area contributed by atoms with Crippen molar-refractivity contribution in [1.82, 2.24) is 0 Å². The lowest BCUT2D eigenvalue weighted by Gasteiger charge is -1.80. The summed E-state index contributed by atoms with van der Waals surface area (Å²) in [5.41, 5.74) is 10.9. The molecule has 0 aliphatic rings. The van der Waals surface area contributed by atoms with Crippen molar-refractivity contribution in [3.8, 4) is 0 Å². The fourth-order valence-electron chi connectivity index (χ4n) is 0.331. The van der Waals surface area contributed by atoms with Crippen LogP contribution < -0.4 is 11.5 Å². The first-order valence-electron chi connectivity index (χ1n) is 1.89. The van der Waals surface area contributed by atoms with Gasteiger partial charge in [-0.2, -0.15) is 0 Å². The third-order valence-electron chi connectivity index (χ3n) is 0.727. The van der Waals surface area contributed by atoms with Gasteiger partial charge in [-0.25, -0.2) is 0 Å². The van der Waals surface area contributed by atoms with Gasteiger partial charge in [-0.3, -0.25) is 0 Å².